The highest BCUT2D eigenvalue weighted by Crippen LogP contribution is 2.75. The fourth-order valence-corrected chi connectivity index (χ4v) is 4.54. The van der Waals surface area contributed by atoms with Crippen molar-refractivity contribution >= 4 is 5.78 Å². The molecule has 0 aromatic carbocycles. The zero-order valence-electron chi connectivity index (χ0n) is 10.1. The summed E-state index contributed by atoms with van der Waals surface area (Å²) in [5, 5.41) is 0. The molecule has 2 saturated heterocycles. The molecule has 3 atom stereocenters. The zero-order valence-corrected chi connectivity index (χ0v) is 10.1. The summed E-state index contributed by atoms with van der Waals surface area (Å²) in [6.07, 6.45) is 3.85. The molecule has 2 nitrogen and oxygen atoms in total. The highest BCUT2D eigenvalue weighted by atomic mass is 16.6. The SMILES string of the molecule is CC1(C)CCC(=O)C2(C)C3(C)CCC12O3. The molecule has 0 N–H and O–H groups in total. The molecule has 2 heterocycles. The van der Waals surface area contributed by atoms with Crippen molar-refractivity contribution in [1.29, 1.82) is 0 Å². The number of ether oxygens (including phenoxy) is 1. The molecule has 0 aromatic rings. The molecule has 4 fully saturated rings. The molecule has 0 radical (unpaired) electrons. The van der Waals surface area contributed by atoms with Crippen LogP contribution in [0.1, 0.15) is 53.4 Å². The molecular weight excluding hydrogens is 188 g/mol. The van der Waals surface area contributed by atoms with E-state index in [1.165, 1.54) is 0 Å². The second kappa shape index (κ2) is 2.17. The van der Waals surface area contributed by atoms with Gasteiger partial charge in [-0.25, -0.2) is 0 Å². The van der Waals surface area contributed by atoms with Crippen LogP contribution >= 0.6 is 0 Å². The van der Waals surface area contributed by atoms with Crippen molar-refractivity contribution in [2.75, 3.05) is 0 Å². The molecule has 2 aliphatic carbocycles. The van der Waals surface area contributed by atoms with E-state index in [9.17, 15) is 4.79 Å². The molecule has 2 heteroatoms. The van der Waals surface area contributed by atoms with E-state index in [0.717, 1.165) is 25.7 Å². The van der Waals surface area contributed by atoms with E-state index in [1.54, 1.807) is 0 Å². The van der Waals surface area contributed by atoms with E-state index < -0.39 is 0 Å². The molecule has 15 heavy (non-hydrogen) atoms. The minimum Gasteiger partial charge on any atom is -0.366 e. The lowest BCUT2D eigenvalue weighted by atomic mass is 9.47. The first-order valence-electron chi connectivity index (χ1n) is 6.03. The molecule has 0 amide bonds. The monoisotopic (exact) mass is 208 g/mol. The predicted octanol–water partition coefficient (Wildman–Crippen LogP) is 2.70. The summed E-state index contributed by atoms with van der Waals surface area (Å²) >= 11 is 0. The molecule has 4 aliphatic rings. The van der Waals surface area contributed by atoms with Gasteiger partial charge in [-0.1, -0.05) is 13.8 Å². The van der Waals surface area contributed by atoms with Crippen molar-refractivity contribution in [2.45, 2.75) is 64.6 Å². The zero-order chi connectivity index (χ0) is 11.1. The summed E-state index contributed by atoms with van der Waals surface area (Å²) in [6, 6.07) is 0. The number of ketones is 1. The van der Waals surface area contributed by atoms with Crippen LogP contribution in [-0.2, 0) is 9.53 Å². The van der Waals surface area contributed by atoms with Gasteiger partial charge in [0.15, 0.2) is 0 Å². The molecule has 2 aliphatic heterocycles. The third-order valence-corrected chi connectivity index (χ3v) is 5.85. The largest absolute Gasteiger partial charge is 0.366 e. The Morgan fingerprint density at radius 3 is 2.27 bits per heavy atom. The lowest BCUT2D eigenvalue weighted by Crippen LogP contribution is -2.77. The first-order chi connectivity index (χ1) is 6.79. The standard InChI is InChI=1S/C13H20O2/c1-10(2)6-5-9(14)12(4)11(3)7-8-13(10,12)15-11/h5-8H2,1-4H3. The summed E-state index contributed by atoms with van der Waals surface area (Å²) in [4.78, 5) is 12.2. The molecule has 0 aromatic heterocycles. The molecule has 84 valence electrons. The van der Waals surface area contributed by atoms with Crippen molar-refractivity contribution in [3.8, 4) is 0 Å². The number of rotatable bonds is 0. The Kier molecular flexibility index (Phi) is 1.42. The second-order valence-corrected chi connectivity index (χ2v) is 6.59. The highest BCUT2D eigenvalue weighted by Gasteiger charge is 2.83. The number of fused-ring (bicyclic) bond motifs is 1. The minimum absolute atomic E-state index is 0.149. The average Bonchev–Trinajstić information content (AvgIpc) is 2.63. The van der Waals surface area contributed by atoms with Crippen molar-refractivity contribution in [3.05, 3.63) is 0 Å². The number of hydrogen-bond donors (Lipinski definition) is 0. The topological polar surface area (TPSA) is 26.3 Å². The van der Waals surface area contributed by atoms with E-state index in [-0.39, 0.29) is 22.0 Å². The maximum absolute atomic E-state index is 12.2. The van der Waals surface area contributed by atoms with Gasteiger partial charge in [0.1, 0.15) is 5.78 Å². The lowest BCUT2D eigenvalue weighted by Gasteiger charge is -2.68. The first kappa shape index (κ1) is 9.83. The van der Waals surface area contributed by atoms with Crippen LogP contribution in [0, 0.1) is 10.8 Å². The van der Waals surface area contributed by atoms with Gasteiger partial charge < -0.3 is 4.74 Å². The summed E-state index contributed by atoms with van der Waals surface area (Å²) in [5.74, 6) is 0.438. The van der Waals surface area contributed by atoms with E-state index in [1.807, 2.05) is 0 Å². The van der Waals surface area contributed by atoms with Crippen LogP contribution in [0.5, 0.6) is 0 Å². The van der Waals surface area contributed by atoms with Crippen LogP contribution in [-0.4, -0.2) is 17.0 Å². The van der Waals surface area contributed by atoms with Gasteiger partial charge in [-0.15, -0.1) is 0 Å². The fraction of sp³-hybridized carbons (Fsp3) is 0.923. The Hall–Kier alpha value is -0.370. The van der Waals surface area contributed by atoms with Crippen molar-refractivity contribution in [3.63, 3.8) is 0 Å². The maximum atomic E-state index is 12.2. The second-order valence-electron chi connectivity index (χ2n) is 6.59. The van der Waals surface area contributed by atoms with Crippen LogP contribution < -0.4 is 0 Å². The predicted molar refractivity (Wildman–Crippen MR) is 57.6 cm³/mol. The number of Topliss-reactive ketones (excluding diaryl/α,β-unsaturated/α-hetero) is 1. The minimum atomic E-state index is -0.207. The Labute approximate surface area is 91.4 Å². The molecular formula is C13H20O2. The van der Waals surface area contributed by atoms with Crippen LogP contribution in [0.3, 0.4) is 0 Å². The highest BCUT2D eigenvalue weighted by molar-refractivity contribution is 5.90. The summed E-state index contributed by atoms with van der Waals surface area (Å²) < 4.78 is 6.20. The van der Waals surface area contributed by atoms with E-state index in [0.29, 0.717) is 5.78 Å². The summed E-state index contributed by atoms with van der Waals surface area (Å²) in [7, 11) is 0. The van der Waals surface area contributed by atoms with Gasteiger partial charge in [0, 0.05) is 6.42 Å². The molecule has 4 rings (SSSR count). The van der Waals surface area contributed by atoms with Gasteiger partial charge in [0.2, 0.25) is 0 Å². The Morgan fingerprint density at radius 2 is 1.73 bits per heavy atom. The number of carbonyl (C=O) groups is 1. The number of hydrogen-bond acceptors (Lipinski definition) is 2. The normalized spacial score (nSPS) is 56.1. The lowest BCUT2D eigenvalue weighted by molar-refractivity contribution is -0.351. The van der Waals surface area contributed by atoms with Crippen LogP contribution in [0.15, 0.2) is 0 Å². The average molecular weight is 208 g/mol. The van der Waals surface area contributed by atoms with Gasteiger partial charge in [-0.3, -0.25) is 4.79 Å². The molecule has 2 bridgehead atoms. The van der Waals surface area contributed by atoms with Gasteiger partial charge in [0.05, 0.1) is 16.6 Å². The van der Waals surface area contributed by atoms with E-state index in [2.05, 4.69) is 27.7 Å². The maximum Gasteiger partial charge on any atom is 0.144 e. The van der Waals surface area contributed by atoms with Crippen molar-refractivity contribution < 1.29 is 9.53 Å². The van der Waals surface area contributed by atoms with Gasteiger partial charge >= 0.3 is 0 Å². The summed E-state index contributed by atoms with van der Waals surface area (Å²) in [6.45, 7) is 8.80. The van der Waals surface area contributed by atoms with Crippen LogP contribution in [0.2, 0.25) is 0 Å². The number of carbonyl (C=O) groups excluding carboxylic acids is 1. The Bertz CT molecular complexity index is 360. The third kappa shape index (κ3) is 0.692. The summed E-state index contributed by atoms with van der Waals surface area (Å²) in [5.41, 5.74) is -0.362. The van der Waals surface area contributed by atoms with Crippen LogP contribution in [0.25, 0.3) is 0 Å². The molecule has 3 unspecified atom stereocenters. The Morgan fingerprint density at radius 1 is 1.07 bits per heavy atom. The first-order valence-corrected chi connectivity index (χ1v) is 6.03. The van der Waals surface area contributed by atoms with Gasteiger partial charge in [-0.2, -0.15) is 0 Å². The van der Waals surface area contributed by atoms with Crippen LogP contribution in [0.4, 0.5) is 0 Å². The molecule has 2 saturated carbocycles. The quantitative estimate of drug-likeness (QED) is 0.612. The van der Waals surface area contributed by atoms with E-state index in [4.69, 9.17) is 4.74 Å². The van der Waals surface area contributed by atoms with Gasteiger partial charge in [0.25, 0.3) is 0 Å². The molecule has 1 spiro atoms. The fourth-order valence-electron chi connectivity index (χ4n) is 4.54. The van der Waals surface area contributed by atoms with Crippen molar-refractivity contribution in [2.24, 2.45) is 10.8 Å². The van der Waals surface area contributed by atoms with Gasteiger partial charge in [-0.05, 0) is 38.5 Å². The smallest absolute Gasteiger partial charge is 0.144 e. The van der Waals surface area contributed by atoms with E-state index >= 15 is 0 Å². The third-order valence-electron chi connectivity index (χ3n) is 5.85. The Balaban J connectivity index is 2.17. The van der Waals surface area contributed by atoms with Crippen molar-refractivity contribution in [1.82, 2.24) is 0 Å².